The van der Waals surface area contributed by atoms with Gasteiger partial charge >= 0.3 is 0 Å². The molecule has 0 bridgehead atoms. The number of nitrogens with one attached hydrogen (secondary N) is 2. The Balaban J connectivity index is 1.39. The number of piperidine rings is 1. The zero-order chi connectivity index (χ0) is 21.8. The maximum atomic E-state index is 13.4. The summed E-state index contributed by atoms with van der Waals surface area (Å²) in [4.78, 5) is 28.2. The summed E-state index contributed by atoms with van der Waals surface area (Å²) < 4.78 is 0. The van der Waals surface area contributed by atoms with Crippen LogP contribution in [0.1, 0.15) is 56.1 Å². The molecule has 0 radical (unpaired) electrons. The number of oxime groups is 1. The van der Waals surface area contributed by atoms with Gasteiger partial charge in [0.15, 0.2) is 5.84 Å². The average Bonchev–Trinajstić information content (AvgIpc) is 3.31. The van der Waals surface area contributed by atoms with Gasteiger partial charge in [0.2, 0.25) is 11.8 Å². The third-order valence-electron chi connectivity index (χ3n) is 7.18. The Morgan fingerprint density at radius 3 is 2.87 bits per heavy atom. The van der Waals surface area contributed by atoms with Crippen LogP contribution in [0.25, 0.3) is 0 Å². The second kappa shape index (κ2) is 9.68. The van der Waals surface area contributed by atoms with Crippen LogP contribution in [0.5, 0.6) is 0 Å². The van der Waals surface area contributed by atoms with Crippen molar-refractivity contribution in [3.63, 3.8) is 0 Å². The van der Waals surface area contributed by atoms with Crippen molar-refractivity contribution in [2.45, 2.75) is 63.6 Å². The first-order valence-electron chi connectivity index (χ1n) is 11.5. The Hall–Kier alpha value is -2.61. The van der Waals surface area contributed by atoms with E-state index in [2.05, 4.69) is 15.8 Å². The number of nitrogens with zero attached hydrogens (tertiary/aromatic N) is 2. The quantitative estimate of drug-likeness (QED) is 0.246. The molecule has 168 valence electrons. The van der Waals surface area contributed by atoms with E-state index in [1.54, 1.807) is 23.1 Å². The lowest BCUT2D eigenvalue weighted by Crippen LogP contribution is -2.58. The van der Waals surface area contributed by atoms with Crippen LogP contribution in [0, 0.1) is 11.8 Å². The molecule has 31 heavy (non-hydrogen) atoms. The van der Waals surface area contributed by atoms with Gasteiger partial charge in [-0.15, -0.1) is 0 Å². The van der Waals surface area contributed by atoms with Gasteiger partial charge in [-0.25, -0.2) is 0 Å². The number of benzene rings is 1. The van der Waals surface area contributed by atoms with Crippen molar-refractivity contribution in [3.05, 3.63) is 35.4 Å². The highest BCUT2D eigenvalue weighted by Crippen LogP contribution is 2.37. The van der Waals surface area contributed by atoms with Gasteiger partial charge in [0.05, 0.1) is 6.04 Å². The van der Waals surface area contributed by atoms with E-state index in [0.29, 0.717) is 36.9 Å². The minimum atomic E-state index is -0.412. The molecule has 8 nitrogen and oxygen atoms in total. The molecule has 0 spiro atoms. The van der Waals surface area contributed by atoms with Gasteiger partial charge in [-0.1, -0.05) is 42.6 Å². The summed E-state index contributed by atoms with van der Waals surface area (Å²) in [6.07, 6.45) is 7.50. The molecule has 3 fully saturated rings. The van der Waals surface area contributed by atoms with Gasteiger partial charge in [0.1, 0.15) is 6.04 Å². The van der Waals surface area contributed by atoms with Crippen molar-refractivity contribution in [2.75, 3.05) is 13.1 Å². The molecule has 1 aromatic rings. The minimum absolute atomic E-state index is 0.0294. The lowest BCUT2D eigenvalue weighted by atomic mass is 9.71. The van der Waals surface area contributed by atoms with Gasteiger partial charge in [-0.2, -0.15) is 0 Å². The number of amidine groups is 1. The first kappa shape index (κ1) is 21.6. The largest absolute Gasteiger partial charge is 0.409 e. The van der Waals surface area contributed by atoms with Crippen LogP contribution in [0.4, 0.5) is 0 Å². The van der Waals surface area contributed by atoms with Crippen LogP contribution in [0.2, 0.25) is 0 Å². The lowest BCUT2D eigenvalue weighted by Gasteiger charge is -2.43. The Labute approximate surface area is 183 Å². The summed E-state index contributed by atoms with van der Waals surface area (Å²) in [6, 6.07) is 6.64. The normalized spacial score (nSPS) is 28.8. The van der Waals surface area contributed by atoms with E-state index in [-0.39, 0.29) is 23.7 Å². The molecular formula is C23H33N5O3. The number of carbonyl (C=O) groups excluding carboxylic acids is 2. The topological polar surface area (TPSA) is 120 Å². The highest BCUT2D eigenvalue weighted by atomic mass is 16.4. The van der Waals surface area contributed by atoms with Gasteiger partial charge in [0, 0.05) is 18.7 Å². The Morgan fingerprint density at radius 1 is 1.19 bits per heavy atom. The van der Waals surface area contributed by atoms with Crippen LogP contribution < -0.4 is 16.4 Å². The van der Waals surface area contributed by atoms with Crippen molar-refractivity contribution in [1.29, 1.82) is 0 Å². The third-order valence-corrected chi connectivity index (χ3v) is 7.18. The summed E-state index contributed by atoms with van der Waals surface area (Å²) in [7, 11) is 0. The van der Waals surface area contributed by atoms with Crippen molar-refractivity contribution < 1.29 is 14.8 Å². The molecule has 1 aliphatic carbocycles. The maximum absolute atomic E-state index is 13.4. The summed E-state index contributed by atoms with van der Waals surface area (Å²) in [5.41, 5.74) is 7.10. The van der Waals surface area contributed by atoms with Gasteiger partial charge < -0.3 is 26.5 Å². The number of fused-ring (bicyclic) bond motifs is 1. The minimum Gasteiger partial charge on any atom is -0.409 e. The number of nitrogens with two attached hydrogens (primary N) is 1. The van der Waals surface area contributed by atoms with Gasteiger partial charge in [0.25, 0.3) is 0 Å². The molecule has 8 heteroatoms. The SMILES string of the molecule is NC(=NO)c1cccc(CNC(=O)[C@@H]2CCCN2C(=O)C2NCC[C@@H]3CCCC[C@H]23)c1. The Bertz CT molecular complexity index is 840. The average molecular weight is 428 g/mol. The molecule has 2 aliphatic heterocycles. The molecule has 2 saturated heterocycles. The van der Waals surface area contributed by atoms with Crippen molar-refractivity contribution >= 4 is 17.6 Å². The summed E-state index contributed by atoms with van der Waals surface area (Å²) in [5.74, 6) is 1.06. The highest BCUT2D eigenvalue weighted by Gasteiger charge is 2.43. The number of hydrogen-bond acceptors (Lipinski definition) is 5. The van der Waals surface area contributed by atoms with Crippen LogP contribution >= 0.6 is 0 Å². The first-order chi connectivity index (χ1) is 15.1. The number of likely N-dealkylation sites (tertiary alicyclic amines) is 1. The fourth-order valence-electron chi connectivity index (χ4n) is 5.57. The molecule has 1 aromatic carbocycles. The molecular weight excluding hydrogens is 394 g/mol. The van der Waals surface area contributed by atoms with Crippen LogP contribution in [0.3, 0.4) is 0 Å². The van der Waals surface area contributed by atoms with Gasteiger partial charge in [-0.05, 0) is 55.7 Å². The molecule has 2 heterocycles. The van der Waals surface area contributed by atoms with E-state index >= 15 is 0 Å². The smallest absolute Gasteiger partial charge is 0.243 e. The number of carbonyl (C=O) groups is 2. The third kappa shape index (κ3) is 4.69. The van der Waals surface area contributed by atoms with E-state index < -0.39 is 6.04 Å². The molecule has 4 rings (SSSR count). The second-order valence-corrected chi connectivity index (χ2v) is 9.02. The molecule has 3 aliphatic rings. The molecule has 1 saturated carbocycles. The van der Waals surface area contributed by atoms with Crippen molar-refractivity contribution in [3.8, 4) is 0 Å². The predicted octanol–water partition coefficient (Wildman–Crippen LogP) is 1.56. The number of hydrogen-bond donors (Lipinski definition) is 4. The highest BCUT2D eigenvalue weighted by molar-refractivity contribution is 5.97. The standard InChI is InChI=1S/C23H33N5O3/c24-21(27-31)17-7-3-5-15(13-17)14-26-22(29)19-9-4-12-28(19)23(30)20-18-8-2-1-6-16(18)10-11-25-20/h3,5,7,13,16,18-20,25,31H,1-2,4,6,8-12,14H2,(H2,24,27)(H,26,29)/t16-,18-,19-,20?/m0/s1. The molecule has 0 aromatic heterocycles. The van der Waals surface area contributed by atoms with E-state index in [1.807, 2.05) is 6.07 Å². The molecule has 4 atom stereocenters. The zero-order valence-corrected chi connectivity index (χ0v) is 17.9. The number of amides is 2. The van der Waals surface area contributed by atoms with E-state index in [1.165, 1.54) is 19.3 Å². The monoisotopic (exact) mass is 427 g/mol. The first-order valence-corrected chi connectivity index (χ1v) is 11.5. The Kier molecular flexibility index (Phi) is 6.75. The summed E-state index contributed by atoms with van der Waals surface area (Å²) >= 11 is 0. The number of rotatable bonds is 5. The summed E-state index contributed by atoms with van der Waals surface area (Å²) in [5, 5.41) is 18.3. The zero-order valence-electron chi connectivity index (χ0n) is 17.9. The Morgan fingerprint density at radius 2 is 2.03 bits per heavy atom. The summed E-state index contributed by atoms with van der Waals surface area (Å²) in [6.45, 7) is 1.86. The molecule has 1 unspecified atom stereocenters. The van der Waals surface area contributed by atoms with E-state index in [0.717, 1.165) is 31.4 Å². The van der Waals surface area contributed by atoms with E-state index in [9.17, 15) is 9.59 Å². The van der Waals surface area contributed by atoms with Crippen LogP contribution in [-0.4, -0.2) is 52.9 Å². The van der Waals surface area contributed by atoms with E-state index in [4.69, 9.17) is 10.9 Å². The van der Waals surface area contributed by atoms with Gasteiger partial charge in [-0.3, -0.25) is 9.59 Å². The lowest BCUT2D eigenvalue weighted by molar-refractivity contribution is -0.142. The van der Waals surface area contributed by atoms with Crippen molar-refractivity contribution in [2.24, 2.45) is 22.7 Å². The predicted molar refractivity (Wildman–Crippen MR) is 117 cm³/mol. The fraction of sp³-hybridized carbons (Fsp3) is 0.609. The van der Waals surface area contributed by atoms with Crippen LogP contribution in [-0.2, 0) is 16.1 Å². The molecule has 5 N–H and O–H groups in total. The van der Waals surface area contributed by atoms with Crippen molar-refractivity contribution in [1.82, 2.24) is 15.5 Å². The van der Waals surface area contributed by atoms with Crippen LogP contribution in [0.15, 0.2) is 29.4 Å². The second-order valence-electron chi connectivity index (χ2n) is 9.02. The molecule has 2 amide bonds. The maximum Gasteiger partial charge on any atom is 0.243 e. The fourth-order valence-corrected chi connectivity index (χ4v) is 5.57.